The average molecular weight is 354 g/mol. The van der Waals surface area contributed by atoms with Crippen LogP contribution < -0.4 is 5.76 Å². The van der Waals surface area contributed by atoms with Crippen LogP contribution >= 0.6 is 11.3 Å². The molecule has 0 bridgehead atoms. The summed E-state index contributed by atoms with van der Waals surface area (Å²) in [5.74, 6) is -1.54. The van der Waals surface area contributed by atoms with Crippen molar-refractivity contribution >= 4 is 21.2 Å². The largest absolute Gasteiger partial charge is 0.425 e. The van der Waals surface area contributed by atoms with Crippen molar-refractivity contribution in [3.8, 4) is 16.4 Å². The van der Waals surface area contributed by atoms with Gasteiger partial charge in [-0.3, -0.25) is 0 Å². The minimum Gasteiger partial charge on any atom is -0.415 e. The first-order chi connectivity index (χ1) is 10.8. The zero-order valence-corrected chi connectivity index (χ0v) is 13.7. The fraction of sp³-hybridized carbons (Fsp3) is 0.143. The van der Waals surface area contributed by atoms with Crippen molar-refractivity contribution in [2.75, 3.05) is 6.26 Å². The van der Waals surface area contributed by atoms with Crippen LogP contribution in [0.5, 0.6) is 0 Å². The van der Waals surface area contributed by atoms with Gasteiger partial charge in [0.15, 0.2) is 15.0 Å². The van der Waals surface area contributed by atoms with E-state index in [-0.39, 0.29) is 0 Å². The molecule has 0 fully saturated rings. The number of hydrogen-bond donors (Lipinski definition) is 0. The van der Waals surface area contributed by atoms with Crippen LogP contribution in [0.2, 0.25) is 0 Å². The number of hydrogen-bond acceptors (Lipinski definition) is 6. The van der Waals surface area contributed by atoms with Crippen LogP contribution in [0, 0.1) is 12.7 Å². The fourth-order valence-electron chi connectivity index (χ4n) is 2.09. The zero-order valence-electron chi connectivity index (χ0n) is 12.1. The van der Waals surface area contributed by atoms with Gasteiger partial charge in [0.1, 0.15) is 17.0 Å². The van der Waals surface area contributed by atoms with Crippen molar-refractivity contribution in [2.45, 2.75) is 11.8 Å². The van der Waals surface area contributed by atoms with Crippen molar-refractivity contribution < 1.29 is 17.2 Å². The fourth-order valence-corrected chi connectivity index (χ4v) is 3.63. The molecule has 1 aromatic carbocycles. The van der Waals surface area contributed by atoms with Gasteiger partial charge in [-0.15, -0.1) is 11.3 Å². The minimum absolute atomic E-state index is 0.295. The second-order valence-electron chi connectivity index (χ2n) is 4.91. The van der Waals surface area contributed by atoms with E-state index in [9.17, 15) is 17.6 Å². The quantitative estimate of drug-likeness (QED) is 0.721. The molecule has 3 aromatic rings. The number of aromatic nitrogens is 2. The Labute approximate surface area is 134 Å². The minimum atomic E-state index is -3.66. The van der Waals surface area contributed by atoms with Crippen LogP contribution in [-0.2, 0) is 9.84 Å². The predicted molar refractivity (Wildman–Crippen MR) is 83.2 cm³/mol. The highest BCUT2D eigenvalue weighted by molar-refractivity contribution is 7.90. The maximum Gasteiger partial charge on any atom is 0.425 e. The van der Waals surface area contributed by atoms with E-state index in [1.165, 1.54) is 28.2 Å². The van der Waals surface area contributed by atoms with Crippen molar-refractivity contribution in [1.82, 2.24) is 9.55 Å². The van der Waals surface area contributed by atoms with Gasteiger partial charge in [-0.05, 0) is 19.1 Å². The standard InChI is InChI=1S/C14H11FN2O4S2/c1-8-7-22-13(16-8)17-11(6-21-14(17)18)9-3-4-12(10(15)5-9)23(2,19)20/h3-7H,1-2H3. The molecule has 0 saturated carbocycles. The Bertz CT molecular complexity index is 1050. The molecule has 0 aliphatic rings. The number of sulfone groups is 1. The van der Waals surface area contributed by atoms with E-state index in [4.69, 9.17) is 4.42 Å². The molecule has 2 aromatic heterocycles. The lowest BCUT2D eigenvalue weighted by molar-refractivity contribution is 0.504. The van der Waals surface area contributed by atoms with E-state index in [1.807, 2.05) is 0 Å². The molecule has 0 saturated heterocycles. The lowest BCUT2D eigenvalue weighted by atomic mass is 10.1. The Kier molecular flexibility index (Phi) is 3.69. The van der Waals surface area contributed by atoms with Crippen molar-refractivity contribution in [3.05, 3.63) is 51.9 Å². The second-order valence-corrected chi connectivity index (χ2v) is 7.73. The first-order valence-electron chi connectivity index (χ1n) is 6.40. The molecular formula is C14H11FN2O4S2. The summed E-state index contributed by atoms with van der Waals surface area (Å²) in [4.78, 5) is 15.7. The number of halogens is 1. The number of nitrogens with zero attached hydrogens (tertiary/aromatic N) is 2. The summed E-state index contributed by atoms with van der Waals surface area (Å²) in [6, 6.07) is 3.63. The Hall–Kier alpha value is -2.26. The van der Waals surface area contributed by atoms with Gasteiger partial charge in [0.2, 0.25) is 0 Å². The molecule has 0 atom stereocenters. The van der Waals surface area contributed by atoms with Crippen LogP contribution in [0.1, 0.15) is 5.69 Å². The SMILES string of the molecule is Cc1csc(-n2c(-c3ccc(S(C)(=O)=O)c(F)c3)coc2=O)n1. The molecule has 0 spiro atoms. The molecule has 0 unspecified atom stereocenters. The summed E-state index contributed by atoms with van der Waals surface area (Å²) >= 11 is 1.24. The maximum absolute atomic E-state index is 14.1. The Morgan fingerprint density at radius 1 is 1.35 bits per heavy atom. The van der Waals surface area contributed by atoms with Gasteiger partial charge in [-0.25, -0.2) is 27.2 Å². The summed E-state index contributed by atoms with van der Waals surface area (Å²) in [6.07, 6.45) is 2.12. The van der Waals surface area contributed by atoms with E-state index >= 15 is 0 Å². The summed E-state index contributed by atoms with van der Waals surface area (Å²) < 4.78 is 43.1. The van der Waals surface area contributed by atoms with Gasteiger partial charge in [0.05, 0.1) is 11.4 Å². The maximum atomic E-state index is 14.1. The highest BCUT2D eigenvalue weighted by atomic mass is 32.2. The molecule has 2 heterocycles. The predicted octanol–water partition coefficient (Wildman–Crippen LogP) is 2.41. The molecule has 0 aliphatic carbocycles. The Morgan fingerprint density at radius 2 is 2.09 bits per heavy atom. The van der Waals surface area contributed by atoms with Gasteiger partial charge in [-0.2, -0.15) is 0 Å². The van der Waals surface area contributed by atoms with E-state index < -0.39 is 26.3 Å². The molecule has 3 rings (SSSR count). The second kappa shape index (κ2) is 5.43. The first-order valence-corrected chi connectivity index (χ1v) is 9.17. The molecule has 0 amide bonds. The lowest BCUT2D eigenvalue weighted by Crippen LogP contribution is -2.13. The van der Waals surface area contributed by atoms with Gasteiger partial charge >= 0.3 is 5.76 Å². The smallest absolute Gasteiger partial charge is 0.415 e. The van der Waals surface area contributed by atoms with Crippen molar-refractivity contribution in [3.63, 3.8) is 0 Å². The highest BCUT2D eigenvalue weighted by Gasteiger charge is 2.19. The van der Waals surface area contributed by atoms with E-state index in [0.29, 0.717) is 16.4 Å². The molecule has 0 radical (unpaired) electrons. The van der Waals surface area contributed by atoms with E-state index in [1.54, 1.807) is 12.3 Å². The van der Waals surface area contributed by atoms with Crippen LogP contribution in [0.25, 0.3) is 16.4 Å². The zero-order chi connectivity index (χ0) is 16.8. The monoisotopic (exact) mass is 354 g/mol. The molecule has 120 valence electrons. The topological polar surface area (TPSA) is 82.2 Å². The van der Waals surface area contributed by atoms with Crippen LogP contribution in [0.15, 0.2) is 43.9 Å². The highest BCUT2D eigenvalue weighted by Crippen LogP contribution is 2.26. The summed E-state index contributed by atoms with van der Waals surface area (Å²) in [5.41, 5.74) is 1.35. The number of thiazole rings is 1. The molecule has 0 aliphatic heterocycles. The van der Waals surface area contributed by atoms with Crippen LogP contribution in [-0.4, -0.2) is 24.2 Å². The number of oxazole rings is 1. The summed E-state index contributed by atoms with van der Waals surface area (Å²) in [5, 5.41) is 2.16. The third-order valence-electron chi connectivity index (χ3n) is 3.12. The van der Waals surface area contributed by atoms with Crippen LogP contribution in [0.3, 0.4) is 0 Å². The van der Waals surface area contributed by atoms with E-state index in [2.05, 4.69) is 4.98 Å². The average Bonchev–Trinajstić information content (AvgIpc) is 3.03. The van der Waals surface area contributed by atoms with Gasteiger partial charge in [0, 0.05) is 17.2 Å². The first kappa shape index (κ1) is 15.6. The van der Waals surface area contributed by atoms with Gasteiger partial charge in [0.25, 0.3) is 0 Å². The molecule has 0 N–H and O–H groups in total. The normalized spacial score (nSPS) is 11.8. The van der Waals surface area contributed by atoms with Gasteiger partial charge < -0.3 is 4.42 Å². The van der Waals surface area contributed by atoms with Crippen molar-refractivity contribution in [1.29, 1.82) is 0 Å². The number of benzene rings is 1. The van der Waals surface area contributed by atoms with Crippen LogP contribution in [0.4, 0.5) is 4.39 Å². The third kappa shape index (κ3) is 2.84. The van der Waals surface area contributed by atoms with Gasteiger partial charge in [-0.1, -0.05) is 6.07 Å². The van der Waals surface area contributed by atoms with Crippen molar-refractivity contribution in [2.24, 2.45) is 0 Å². The molecule has 9 heteroatoms. The summed E-state index contributed by atoms with van der Waals surface area (Å²) in [7, 11) is -3.66. The molecular weight excluding hydrogens is 343 g/mol. The Balaban J connectivity index is 2.18. The third-order valence-corrected chi connectivity index (χ3v) is 5.19. The van der Waals surface area contributed by atoms with E-state index in [0.717, 1.165) is 24.1 Å². The number of aryl methyl sites for hydroxylation is 1. The lowest BCUT2D eigenvalue weighted by Gasteiger charge is -2.05. The molecule has 6 nitrogen and oxygen atoms in total. The number of rotatable bonds is 3. The molecule has 23 heavy (non-hydrogen) atoms. The Morgan fingerprint density at radius 3 is 2.65 bits per heavy atom. The summed E-state index contributed by atoms with van der Waals surface area (Å²) in [6.45, 7) is 1.78.